The highest BCUT2D eigenvalue weighted by Crippen LogP contribution is 2.27. The quantitative estimate of drug-likeness (QED) is 0.752. The summed E-state index contributed by atoms with van der Waals surface area (Å²) < 4.78 is 5.31. The van der Waals surface area contributed by atoms with Crippen molar-refractivity contribution < 1.29 is 14.3 Å². The average molecular weight is 388 g/mol. The Morgan fingerprint density at radius 3 is 2.39 bits per heavy atom. The Balaban J connectivity index is 1.53. The van der Waals surface area contributed by atoms with Gasteiger partial charge in [-0.15, -0.1) is 0 Å². The van der Waals surface area contributed by atoms with E-state index in [1.807, 2.05) is 53.1 Å². The van der Waals surface area contributed by atoms with Gasteiger partial charge >= 0.3 is 6.09 Å². The van der Waals surface area contributed by atoms with Crippen molar-refractivity contribution in [3.05, 3.63) is 29.8 Å². The van der Waals surface area contributed by atoms with Crippen LogP contribution in [-0.4, -0.2) is 67.7 Å². The smallest absolute Gasteiger partial charge is 0.410 e. The summed E-state index contributed by atoms with van der Waals surface area (Å²) in [5.74, 6) is 0.696. The van der Waals surface area contributed by atoms with Gasteiger partial charge in [0.25, 0.3) is 0 Å². The zero-order valence-electron chi connectivity index (χ0n) is 17.6. The molecule has 0 radical (unpaired) electrons. The fourth-order valence-electron chi connectivity index (χ4n) is 4.24. The maximum atomic E-state index is 12.7. The van der Waals surface area contributed by atoms with Crippen LogP contribution in [0.4, 0.5) is 10.5 Å². The molecule has 2 aliphatic heterocycles. The second-order valence-corrected chi connectivity index (χ2v) is 8.62. The van der Waals surface area contributed by atoms with Gasteiger partial charge in [-0.3, -0.25) is 9.69 Å². The standard InChI is InChI=1S/C22H33N3O3/c1-16(2)13-20-15-28-22(27)25(20)19-9-11-24(12-10-19)21(26)14-17-5-7-18(8-6-17)23(3)4/h5-8,16,19-20H,9-15H2,1-4H3/t20-/m0/s1. The molecule has 154 valence electrons. The average Bonchev–Trinajstić information content (AvgIpc) is 3.01. The molecule has 3 rings (SSSR count). The lowest BCUT2D eigenvalue weighted by molar-refractivity contribution is -0.131. The van der Waals surface area contributed by atoms with E-state index >= 15 is 0 Å². The first-order chi connectivity index (χ1) is 13.3. The van der Waals surface area contributed by atoms with Crippen molar-refractivity contribution in [2.45, 2.75) is 51.6 Å². The van der Waals surface area contributed by atoms with Crippen LogP contribution < -0.4 is 4.90 Å². The van der Waals surface area contributed by atoms with Crippen molar-refractivity contribution in [3.8, 4) is 0 Å². The van der Waals surface area contributed by atoms with Gasteiger partial charge in [-0.05, 0) is 42.9 Å². The van der Waals surface area contributed by atoms with Crippen molar-refractivity contribution in [2.24, 2.45) is 5.92 Å². The van der Waals surface area contributed by atoms with E-state index < -0.39 is 0 Å². The Bertz CT molecular complexity index is 679. The Kier molecular flexibility index (Phi) is 6.47. The molecule has 1 aromatic rings. The van der Waals surface area contributed by atoms with E-state index in [-0.39, 0.29) is 24.1 Å². The van der Waals surface area contributed by atoms with Crippen molar-refractivity contribution >= 4 is 17.7 Å². The number of amides is 2. The maximum Gasteiger partial charge on any atom is 0.410 e. The molecule has 2 fully saturated rings. The molecule has 2 amide bonds. The van der Waals surface area contributed by atoms with Crippen LogP contribution in [0.2, 0.25) is 0 Å². The van der Waals surface area contributed by atoms with E-state index in [1.54, 1.807) is 0 Å². The van der Waals surface area contributed by atoms with Gasteiger partial charge in [0.05, 0.1) is 12.5 Å². The van der Waals surface area contributed by atoms with Crippen LogP contribution in [0.1, 0.15) is 38.7 Å². The molecule has 0 bridgehead atoms. The predicted octanol–water partition coefficient (Wildman–Crippen LogP) is 3.15. The minimum absolute atomic E-state index is 0.166. The molecule has 6 nitrogen and oxygen atoms in total. The van der Waals surface area contributed by atoms with Crippen molar-refractivity contribution in [2.75, 3.05) is 38.7 Å². The summed E-state index contributed by atoms with van der Waals surface area (Å²) in [6.45, 7) is 6.26. The highest BCUT2D eigenvalue weighted by Gasteiger charge is 2.39. The molecule has 0 aliphatic carbocycles. The Morgan fingerprint density at radius 1 is 1.18 bits per heavy atom. The second-order valence-electron chi connectivity index (χ2n) is 8.62. The van der Waals surface area contributed by atoms with Gasteiger partial charge in [0.2, 0.25) is 5.91 Å². The number of cyclic esters (lactones) is 1. The molecule has 1 aromatic carbocycles. The molecule has 2 aliphatic rings. The summed E-state index contributed by atoms with van der Waals surface area (Å²) in [6, 6.07) is 8.50. The van der Waals surface area contributed by atoms with Crippen LogP contribution in [0, 0.1) is 5.92 Å². The first kappa shape index (κ1) is 20.5. The van der Waals surface area contributed by atoms with Gasteiger partial charge in [0, 0.05) is 38.9 Å². The Labute approximate surface area is 168 Å². The third-order valence-corrected chi connectivity index (χ3v) is 5.77. The Hall–Kier alpha value is -2.24. The molecule has 6 heteroatoms. The van der Waals surface area contributed by atoms with E-state index in [1.165, 1.54) is 0 Å². The lowest BCUT2D eigenvalue weighted by atomic mass is 9.98. The third-order valence-electron chi connectivity index (χ3n) is 5.77. The van der Waals surface area contributed by atoms with E-state index in [9.17, 15) is 9.59 Å². The van der Waals surface area contributed by atoms with E-state index in [0.717, 1.165) is 30.5 Å². The summed E-state index contributed by atoms with van der Waals surface area (Å²) >= 11 is 0. The monoisotopic (exact) mass is 387 g/mol. The van der Waals surface area contributed by atoms with Crippen LogP contribution in [0.5, 0.6) is 0 Å². The van der Waals surface area contributed by atoms with Gasteiger partial charge in [0.15, 0.2) is 0 Å². The first-order valence-corrected chi connectivity index (χ1v) is 10.3. The molecule has 2 saturated heterocycles. The molecule has 28 heavy (non-hydrogen) atoms. The fraction of sp³-hybridized carbons (Fsp3) is 0.636. The van der Waals surface area contributed by atoms with E-state index in [4.69, 9.17) is 4.74 Å². The molecule has 0 saturated carbocycles. The summed E-state index contributed by atoms with van der Waals surface area (Å²) in [5, 5.41) is 0. The second kappa shape index (κ2) is 8.84. The van der Waals surface area contributed by atoms with E-state index in [2.05, 4.69) is 13.8 Å². The van der Waals surface area contributed by atoms with Crippen LogP contribution >= 0.6 is 0 Å². The number of anilines is 1. The highest BCUT2D eigenvalue weighted by atomic mass is 16.6. The van der Waals surface area contributed by atoms with Crippen molar-refractivity contribution in [1.29, 1.82) is 0 Å². The number of rotatable bonds is 6. The fourth-order valence-corrected chi connectivity index (χ4v) is 4.24. The SMILES string of the molecule is CC(C)C[C@H]1COC(=O)N1C1CCN(C(=O)Cc2ccc(N(C)C)cc2)CC1. The third kappa shape index (κ3) is 4.78. The van der Waals surface area contributed by atoms with E-state index in [0.29, 0.717) is 32.0 Å². The van der Waals surface area contributed by atoms with Gasteiger partial charge < -0.3 is 14.5 Å². The molecule has 0 spiro atoms. The first-order valence-electron chi connectivity index (χ1n) is 10.3. The number of carbonyl (C=O) groups excluding carboxylic acids is 2. The molecular formula is C22H33N3O3. The van der Waals surface area contributed by atoms with Crippen LogP contribution in [0.15, 0.2) is 24.3 Å². The van der Waals surface area contributed by atoms with Gasteiger partial charge in [-0.2, -0.15) is 0 Å². The number of likely N-dealkylation sites (tertiary alicyclic amines) is 1. The number of carbonyl (C=O) groups is 2. The van der Waals surface area contributed by atoms with Crippen LogP contribution in [-0.2, 0) is 16.0 Å². The number of benzene rings is 1. The maximum absolute atomic E-state index is 12.7. The normalized spacial score (nSPS) is 20.6. The van der Waals surface area contributed by atoms with Gasteiger partial charge in [-0.25, -0.2) is 4.79 Å². The Morgan fingerprint density at radius 2 is 1.82 bits per heavy atom. The molecule has 0 unspecified atom stereocenters. The molecule has 0 N–H and O–H groups in total. The highest BCUT2D eigenvalue weighted by molar-refractivity contribution is 5.79. The number of nitrogens with zero attached hydrogens (tertiary/aromatic N) is 3. The van der Waals surface area contributed by atoms with Gasteiger partial charge in [-0.1, -0.05) is 26.0 Å². The van der Waals surface area contributed by atoms with Crippen LogP contribution in [0.25, 0.3) is 0 Å². The summed E-state index contributed by atoms with van der Waals surface area (Å²) in [6.07, 6.45) is 2.87. The van der Waals surface area contributed by atoms with Crippen LogP contribution in [0.3, 0.4) is 0 Å². The zero-order valence-corrected chi connectivity index (χ0v) is 17.6. The number of hydrogen-bond acceptors (Lipinski definition) is 4. The number of ether oxygens (including phenoxy) is 1. The number of piperidine rings is 1. The molecular weight excluding hydrogens is 354 g/mol. The van der Waals surface area contributed by atoms with Gasteiger partial charge in [0.1, 0.15) is 6.61 Å². The summed E-state index contributed by atoms with van der Waals surface area (Å²) in [5.41, 5.74) is 2.17. The topological polar surface area (TPSA) is 53.1 Å². The lowest BCUT2D eigenvalue weighted by Gasteiger charge is -2.38. The molecule has 1 atom stereocenters. The minimum Gasteiger partial charge on any atom is -0.447 e. The predicted molar refractivity (Wildman–Crippen MR) is 111 cm³/mol. The summed E-state index contributed by atoms with van der Waals surface area (Å²) in [4.78, 5) is 30.8. The molecule has 2 heterocycles. The minimum atomic E-state index is -0.184. The van der Waals surface area contributed by atoms with Crippen molar-refractivity contribution in [1.82, 2.24) is 9.80 Å². The summed E-state index contributed by atoms with van der Waals surface area (Å²) in [7, 11) is 4.01. The van der Waals surface area contributed by atoms with Crippen molar-refractivity contribution in [3.63, 3.8) is 0 Å². The number of hydrogen-bond donors (Lipinski definition) is 0. The lowest BCUT2D eigenvalue weighted by Crippen LogP contribution is -2.50. The molecule has 0 aromatic heterocycles. The zero-order chi connectivity index (χ0) is 20.3. The largest absolute Gasteiger partial charge is 0.447 e.